The van der Waals surface area contributed by atoms with E-state index >= 15 is 0 Å². The third-order valence-electron chi connectivity index (χ3n) is 3.96. The van der Waals surface area contributed by atoms with Gasteiger partial charge in [-0.25, -0.2) is 4.98 Å². The van der Waals surface area contributed by atoms with Gasteiger partial charge in [0.25, 0.3) is 5.91 Å². The van der Waals surface area contributed by atoms with Crippen molar-refractivity contribution in [2.45, 2.75) is 38.6 Å². The quantitative estimate of drug-likeness (QED) is 0.921. The van der Waals surface area contributed by atoms with E-state index in [0.29, 0.717) is 5.92 Å². The van der Waals surface area contributed by atoms with E-state index in [0.717, 1.165) is 10.6 Å². The van der Waals surface area contributed by atoms with Crippen LogP contribution in [-0.2, 0) is 0 Å². The van der Waals surface area contributed by atoms with Gasteiger partial charge in [-0.05, 0) is 37.1 Å². The van der Waals surface area contributed by atoms with Gasteiger partial charge in [0, 0.05) is 4.88 Å². The van der Waals surface area contributed by atoms with Crippen molar-refractivity contribution < 1.29 is 4.79 Å². The van der Waals surface area contributed by atoms with E-state index in [1.165, 1.54) is 41.9 Å². The molecule has 5 heteroatoms. The van der Waals surface area contributed by atoms with E-state index in [1.807, 2.05) is 6.92 Å². The molecule has 1 atom stereocenters. The van der Waals surface area contributed by atoms with E-state index in [2.05, 4.69) is 27.8 Å². The zero-order chi connectivity index (χ0) is 13.9. The van der Waals surface area contributed by atoms with Crippen molar-refractivity contribution in [1.82, 2.24) is 10.3 Å². The number of carbonyl (C=O) groups excluding carboxylic acids is 1. The summed E-state index contributed by atoms with van der Waals surface area (Å²) < 4.78 is 0. The first-order valence-corrected chi connectivity index (χ1v) is 8.76. The number of aromatic nitrogens is 1. The summed E-state index contributed by atoms with van der Waals surface area (Å²) in [5.74, 6) is 0.598. The summed E-state index contributed by atoms with van der Waals surface area (Å²) in [5.41, 5.74) is 2.56. The van der Waals surface area contributed by atoms with Gasteiger partial charge in [0.05, 0.1) is 17.2 Å². The minimum absolute atomic E-state index is 0.0234. The normalized spacial score (nSPS) is 17.2. The first kappa shape index (κ1) is 13.8. The molecule has 2 aromatic rings. The number of thiazole rings is 1. The third-order valence-corrected chi connectivity index (χ3v) is 5.84. The van der Waals surface area contributed by atoms with Gasteiger partial charge in [-0.3, -0.25) is 4.79 Å². The second-order valence-electron chi connectivity index (χ2n) is 5.28. The number of amides is 1. The maximum atomic E-state index is 12.5. The molecule has 1 saturated carbocycles. The second kappa shape index (κ2) is 6.06. The van der Waals surface area contributed by atoms with Gasteiger partial charge in [0.15, 0.2) is 0 Å². The lowest BCUT2D eigenvalue weighted by molar-refractivity contribution is 0.0926. The average molecular weight is 306 g/mol. The summed E-state index contributed by atoms with van der Waals surface area (Å²) in [7, 11) is 0. The lowest BCUT2D eigenvalue weighted by Crippen LogP contribution is -2.32. The van der Waals surface area contributed by atoms with Crippen molar-refractivity contribution in [2.24, 2.45) is 5.92 Å². The fourth-order valence-electron chi connectivity index (χ4n) is 2.91. The molecule has 1 aliphatic carbocycles. The first-order chi connectivity index (χ1) is 9.75. The number of hydrogen-bond acceptors (Lipinski definition) is 4. The maximum Gasteiger partial charge on any atom is 0.263 e. The lowest BCUT2D eigenvalue weighted by Gasteiger charge is -2.23. The van der Waals surface area contributed by atoms with Crippen LogP contribution in [0.15, 0.2) is 23.0 Å². The Hall–Kier alpha value is -1.20. The van der Waals surface area contributed by atoms with E-state index in [1.54, 1.807) is 16.8 Å². The van der Waals surface area contributed by atoms with Gasteiger partial charge in [0.2, 0.25) is 0 Å². The molecule has 1 fully saturated rings. The van der Waals surface area contributed by atoms with Crippen LogP contribution >= 0.6 is 22.7 Å². The highest BCUT2D eigenvalue weighted by molar-refractivity contribution is 7.12. The zero-order valence-electron chi connectivity index (χ0n) is 11.5. The second-order valence-corrected chi connectivity index (χ2v) is 7.11. The number of rotatable bonds is 4. The Balaban J connectivity index is 1.80. The predicted molar refractivity (Wildman–Crippen MR) is 83.3 cm³/mol. The molecule has 3 nitrogen and oxygen atoms in total. The van der Waals surface area contributed by atoms with Crippen LogP contribution in [0.4, 0.5) is 0 Å². The van der Waals surface area contributed by atoms with Crippen molar-refractivity contribution >= 4 is 28.6 Å². The Morgan fingerprint density at radius 2 is 2.20 bits per heavy atom. The molecule has 2 heterocycles. The van der Waals surface area contributed by atoms with Crippen molar-refractivity contribution in [1.29, 1.82) is 0 Å². The summed E-state index contributed by atoms with van der Waals surface area (Å²) in [5, 5.41) is 5.33. The van der Waals surface area contributed by atoms with E-state index in [-0.39, 0.29) is 11.9 Å². The fraction of sp³-hybridized carbons (Fsp3) is 0.467. The van der Waals surface area contributed by atoms with Crippen LogP contribution in [0.1, 0.15) is 52.0 Å². The van der Waals surface area contributed by atoms with E-state index < -0.39 is 0 Å². The van der Waals surface area contributed by atoms with Crippen LogP contribution in [0.3, 0.4) is 0 Å². The van der Waals surface area contributed by atoms with Gasteiger partial charge in [-0.15, -0.1) is 22.7 Å². The maximum absolute atomic E-state index is 12.5. The molecule has 0 spiro atoms. The Labute approximate surface area is 127 Å². The molecule has 1 aliphatic rings. The van der Waals surface area contributed by atoms with Crippen molar-refractivity contribution in [2.75, 3.05) is 0 Å². The molecular formula is C15H18N2OS2. The van der Waals surface area contributed by atoms with Crippen LogP contribution in [0.5, 0.6) is 0 Å². The lowest BCUT2D eigenvalue weighted by atomic mass is 9.96. The number of hydrogen-bond donors (Lipinski definition) is 1. The van der Waals surface area contributed by atoms with Crippen molar-refractivity contribution in [3.8, 4) is 0 Å². The molecule has 0 bridgehead atoms. The number of aryl methyl sites for hydroxylation is 1. The molecule has 1 N–H and O–H groups in total. The number of nitrogens with zero attached hydrogens (tertiary/aromatic N) is 1. The van der Waals surface area contributed by atoms with Gasteiger partial charge in [-0.1, -0.05) is 18.9 Å². The summed E-state index contributed by atoms with van der Waals surface area (Å²) in [6, 6.07) is 4.35. The minimum Gasteiger partial charge on any atom is -0.343 e. The average Bonchev–Trinajstić information content (AvgIpc) is 3.18. The van der Waals surface area contributed by atoms with E-state index in [4.69, 9.17) is 0 Å². The Kier molecular flexibility index (Phi) is 4.17. The van der Waals surface area contributed by atoms with E-state index in [9.17, 15) is 4.79 Å². The molecule has 20 heavy (non-hydrogen) atoms. The van der Waals surface area contributed by atoms with Crippen LogP contribution in [-0.4, -0.2) is 10.9 Å². The molecule has 2 aromatic heterocycles. The summed E-state index contributed by atoms with van der Waals surface area (Å²) in [4.78, 5) is 18.6. The molecular weight excluding hydrogens is 288 g/mol. The molecule has 0 aliphatic heterocycles. The molecule has 0 saturated heterocycles. The predicted octanol–water partition coefficient (Wildman–Crippen LogP) is 4.17. The summed E-state index contributed by atoms with van der Waals surface area (Å²) in [6.45, 7) is 1.89. The number of carbonyl (C=O) groups is 1. The Morgan fingerprint density at radius 3 is 2.80 bits per heavy atom. The van der Waals surface area contributed by atoms with Gasteiger partial charge < -0.3 is 5.32 Å². The third kappa shape index (κ3) is 2.79. The zero-order valence-corrected chi connectivity index (χ0v) is 13.1. The molecule has 0 radical (unpaired) electrons. The van der Waals surface area contributed by atoms with Crippen LogP contribution in [0, 0.1) is 12.8 Å². The summed E-state index contributed by atoms with van der Waals surface area (Å²) in [6.07, 6.45) is 4.99. The summed E-state index contributed by atoms with van der Waals surface area (Å²) >= 11 is 3.15. The molecule has 1 amide bonds. The highest BCUT2D eigenvalue weighted by Crippen LogP contribution is 2.37. The van der Waals surface area contributed by atoms with Gasteiger partial charge >= 0.3 is 0 Å². The van der Waals surface area contributed by atoms with Gasteiger partial charge in [-0.2, -0.15) is 0 Å². The monoisotopic (exact) mass is 306 g/mol. The SMILES string of the molecule is Cc1ncsc1C(=O)N[C@@H](c1cccs1)C1CCCC1. The van der Waals surface area contributed by atoms with Crippen molar-refractivity contribution in [3.63, 3.8) is 0 Å². The van der Waals surface area contributed by atoms with Gasteiger partial charge in [0.1, 0.15) is 4.88 Å². The van der Waals surface area contributed by atoms with Crippen LogP contribution in [0.2, 0.25) is 0 Å². The number of thiophene rings is 1. The molecule has 0 aromatic carbocycles. The van der Waals surface area contributed by atoms with Crippen LogP contribution in [0.25, 0.3) is 0 Å². The largest absolute Gasteiger partial charge is 0.343 e. The standard InChI is InChI=1S/C15H18N2OS2/c1-10-14(20-9-16-10)15(18)17-13(11-5-2-3-6-11)12-7-4-8-19-12/h4,7-9,11,13H,2-3,5-6H2,1H3,(H,17,18)/t13-/m1/s1. The van der Waals surface area contributed by atoms with Crippen LogP contribution < -0.4 is 5.32 Å². The highest BCUT2D eigenvalue weighted by Gasteiger charge is 2.29. The first-order valence-electron chi connectivity index (χ1n) is 7.00. The topological polar surface area (TPSA) is 42.0 Å². The number of nitrogens with one attached hydrogen (secondary N) is 1. The Morgan fingerprint density at radius 1 is 1.40 bits per heavy atom. The minimum atomic E-state index is 0.0234. The molecule has 106 valence electrons. The highest BCUT2D eigenvalue weighted by atomic mass is 32.1. The van der Waals surface area contributed by atoms with Crippen molar-refractivity contribution in [3.05, 3.63) is 38.5 Å². The Bertz CT molecular complexity index is 570. The smallest absolute Gasteiger partial charge is 0.263 e. The fourth-order valence-corrected chi connectivity index (χ4v) is 4.48. The molecule has 3 rings (SSSR count). The molecule has 0 unspecified atom stereocenters.